The molecule has 0 heterocycles. The van der Waals surface area contributed by atoms with Gasteiger partial charge in [0, 0.05) is 5.02 Å². The van der Waals surface area contributed by atoms with E-state index in [0.29, 0.717) is 10.4 Å². The molecule has 0 aliphatic rings. The van der Waals surface area contributed by atoms with Crippen LogP contribution < -0.4 is 14.4 Å². The first-order valence-electron chi connectivity index (χ1n) is 9.92. The lowest BCUT2D eigenvalue weighted by Crippen LogP contribution is -2.38. The van der Waals surface area contributed by atoms with Crippen molar-refractivity contribution < 1.29 is 31.1 Å². The number of aryl methyl sites for hydroxylation is 1. The van der Waals surface area contributed by atoms with Crippen molar-refractivity contribution in [2.75, 3.05) is 23.3 Å². The van der Waals surface area contributed by atoms with Crippen LogP contribution in [0.5, 0.6) is 5.75 Å². The van der Waals surface area contributed by atoms with Crippen LogP contribution in [0.3, 0.4) is 0 Å². The van der Waals surface area contributed by atoms with Crippen molar-refractivity contribution in [1.29, 1.82) is 0 Å². The molecule has 0 aromatic heterocycles. The Hall–Kier alpha value is -2.95. The number of ether oxygens (including phenoxy) is 1. The van der Waals surface area contributed by atoms with Gasteiger partial charge in [-0.25, -0.2) is 8.42 Å². The number of anilines is 2. The van der Waals surface area contributed by atoms with Gasteiger partial charge < -0.3 is 10.1 Å². The molecule has 0 fully saturated rings. The Balaban J connectivity index is 2.06. The molecule has 0 bridgehead atoms. The van der Waals surface area contributed by atoms with Crippen LogP contribution in [0.2, 0.25) is 10.0 Å². The zero-order chi connectivity index (χ0) is 26.0. The Kier molecular flexibility index (Phi) is 7.88. The highest BCUT2D eigenvalue weighted by atomic mass is 35.5. The van der Waals surface area contributed by atoms with E-state index < -0.39 is 44.9 Å². The van der Waals surface area contributed by atoms with Crippen LogP contribution in [-0.4, -0.2) is 28.0 Å². The number of nitrogens with one attached hydrogen (secondary N) is 1. The zero-order valence-corrected chi connectivity index (χ0v) is 20.7. The monoisotopic (exact) mass is 546 g/mol. The molecule has 0 atom stereocenters. The summed E-state index contributed by atoms with van der Waals surface area (Å²) in [6.07, 6.45) is -4.84. The van der Waals surface area contributed by atoms with Gasteiger partial charge in [-0.3, -0.25) is 9.10 Å². The summed E-state index contributed by atoms with van der Waals surface area (Å²) in [6.45, 7) is 0.902. The molecule has 3 aromatic rings. The number of amides is 1. The minimum absolute atomic E-state index is 0.157. The van der Waals surface area contributed by atoms with Gasteiger partial charge in [0.2, 0.25) is 5.91 Å². The van der Waals surface area contributed by atoms with Crippen molar-refractivity contribution in [2.24, 2.45) is 0 Å². The van der Waals surface area contributed by atoms with Crippen LogP contribution in [0, 0.1) is 6.92 Å². The molecule has 3 aromatic carbocycles. The summed E-state index contributed by atoms with van der Waals surface area (Å²) in [5.41, 5.74) is -0.704. The van der Waals surface area contributed by atoms with E-state index in [1.165, 1.54) is 49.6 Å². The van der Waals surface area contributed by atoms with Gasteiger partial charge in [-0.15, -0.1) is 0 Å². The van der Waals surface area contributed by atoms with Gasteiger partial charge in [0.1, 0.15) is 12.3 Å². The predicted octanol–water partition coefficient (Wildman–Crippen LogP) is 6.16. The molecule has 3 rings (SSSR count). The molecule has 0 spiro atoms. The fourth-order valence-electron chi connectivity index (χ4n) is 3.14. The zero-order valence-electron chi connectivity index (χ0n) is 18.4. The van der Waals surface area contributed by atoms with Gasteiger partial charge in [0.15, 0.2) is 0 Å². The van der Waals surface area contributed by atoms with Crippen molar-refractivity contribution in [2.45, 2.75) is 18.0 Å². The first-order chi connectivity index (χ1) is 16.3. The molecule has 0 aliphatic heterocycles. The summed E-state index contributed by atoms with van der Waals surface area (Å²) in [5.74, 6) is -0.591. The number of sulfonamides is 1. The maximum absolute atomic E-state index is 13.5. The second-order valence-corrected chi connectivity index (χ2v) is 10.1. The summed E-state index contributed by atoms with van der Waals surface area (Å²) < 4.78 is 73.0. The van der Waals surface area contributed by atoms with E-state index in [1.54, 1.807) is 6.92 Å². The SMILES string of the molecule is COc1ccc(Cl)cc1NC(=O)CN(c1ccc(Cl)c(C(F)(F)F)c1)S(=O)(=O)c1ccc(C)cc1. The highest BCUT2D eigenvalue weighted by Crippen LogP contribution is 2.38. The lowest BCUT2D eigenvalue weighted by Gasteiger charge is -2.25. The van der Waals surface area contributed by atoms with E-state index in [4.69, 9.17) is 27.9 Å². The summed E-state index contributed by atoms with van der Waals surface area (Å²) in [6, 6.07) is 12.7. The van der Waals surface area contributed by atoms with Gasteiger partial charge >= 0.3 is 6.18 Å². The largest absolute Gasteiger partial charge is 0.495 e. The van der Waals surface area contributed by atoms with Crippen molar-refractivity contribution in [3.63, 3.8) is 0 Å². The molecule has 12 heteroatoms. The minimum Gasteiger partial charge on any atom is -0.495 e. The summed E-state index contributed by atoms with van der Waals surface area (Å²) in [4.78, 5) is 12.7. The normalized spacial score (nSPS) is 11.7. The number of nitrogens with zero attached hydrogens (tertiary/aromatic N) is 1. The molecule has 0 unspecified atom stereocenters. The van der Waals surface area contributed by atoms with Crippen molar-refractivity contribution in [3.8, 4) is 5.75 Å². The first kappa shape index (κ1) is 26.7. The van der Waals surface area contributed by atoms with Gasteiger partial charge in [-0.05, 0) is 55.5 Å². The van der Waals surface area contributed by atoms with Crippen LogP contribution in [0.1, 0.15) is 11.1 Å². The van der Waals surface area contributed by atoms with E-state index in [0.717, 1.165) is 17.7 Å². The molecule has 0 saturated carbocycles. The van der Waals surface area contributed by atoms with Crippen molar-refractivity contribution in [1.82, 2.24) is 0 Å². The van der Waals surface area contributed by atoms with E-state index in [-0.39, 0.29) is 21.4 Å². The smallest absolute Gasteiger partial charge is 0.417 e. The molecular formula is C23H19Cl2F3N2O4S. The molecule has 0 aliphatic carbocycles. The third-order valence-corrected chi connectivity index (χ3v) is 7.23. The molecule has 6 nitrogen and oxygen atoms in total. The van der Waals surface area contributed by atoms with E-state index in [1.807, 2.05) is 0 Å². The van der Waals surface area contributed by atoms with Crippen molar-refractivity contribution in [3.05, 3.63) is 81.8 Å². The van der Waals surface area contributed by atoms with Crippen LogP contribution >= 0.6 is 23.2 Å². The second-order valence-electron chi connectivity index (χ2n) is 7.38. The van der Waals surface area contributed by atoms with Crippen molar-refractivity contribution >= 4 is 50.5 Å². The van der Waals surface area contributed by atoms with Gasteiger partial charge in [0.05, 0.1) is 34.0 Å². The van der Waals surface area contributed by atoms with Crippen LogP contribution in [-0.2, 0) is 21.0 Å². The maximum atomic E-state index is 13.5. The first-order valence-corrected chi connectivity index (χ1v) is 12.1. The fourth-order valence-corrected chi connectivity index (χ4v) is 4.95. The Morgan fingerprint density at radius 1 is 1.03 bits per heavy atom. The standard InChI is InChI=1S/C23H19Cl2F3N2O4S/c1-14-3-7-17(8-4-14)35(32,33)30(16-6-9-19(25)18(12-16)23(26,27)28)13-22(31)29-20-11-15(24)5-10-21(20)34-2/h3-12H,13H2,1-2H3,(H,29,31). The molecule has 0 radical (unpaired) electrons. The van der Waals surface area contributed by atoms with E-state index >= 15 is 0 Å². The summed E-state index contributed by atoms with van der Waals surface area (Å²) >= 11 is 11.7. The Morgan fingerprint density at radius 2 is 1.69 bits per heavy atom. The van der Waals surface area contributed by atoms with Gasteiger partial charge in [-0.2, -0.15) is 13.2 Å². The topological polar surface area (TPSA) is 75.7 Å². The Morgan fingerprint density at radius 3 is 2.29 bits per heavy atom. The fraction of sp³-hybridized carbons (Fsp3) is 0.174. The third-order valence-electron chi connectivity index (χ3n) is 4.88. The van der Waals surface area contributed by atoms with Crippen LogP contribution in [0.4, 0.5) is 24.5 Å². The number of carbonyl (C=O) groups excluding carboxylic acids is 1. The lowest BCUT2D eigenvalue weighted by molar-refractivity contribution is -0.137. The number of hydrogen-bond acceptors (Lipinski definition) is 4. The average Bonchev–Trinajstić information content (AvgIpc) is 2.77. The number of alkyl halides is 3. The number of hydrogen-bond donors (Lipinski definition) is 1. The van der Waals surface area contributed by atoms with Gasteiger partial charge in [-0.1, -0.05) is 40.9 Å². The number of benzene rings is 3. The highest BCUT2D eigenvalue weighted by Gasteiger charge is 2.35. The minimum atomic E-state index is -4.84. The van der Waals surface area contributed by atoms with Gasteiger partial charge in [0.25, 0.3) is 10.0 Å². The second kappa shape index (κ2) is 10.3. The number of halogens is 5. The molecular weight excluding hydrogens is 528 g/mol. The molecule has 186 valence electrons. The molecule has 1 amide bonds. The lowest BCUT2D eigenvalue weighted by atomic mass is 10.2. The third kappa shape index (κ3) is 6.19. The highest BCUT2D eigenvalue weighted by molar-refractivity contribution is 7.92. The van der Waals surface area contributed by atoms with E-state index in [2.05, 4.69) is 5.32 Å². The number of methoxy groups -OCH3 is 1. The molecule has 1 N–H and O–H groups in total. The molecule has 35 heavy (non-hydrogen) atoms. The predicted molar refractivity (Wildman–Crippen MR) is 129 cm³/mol. The Labute approximate surface area is 210 Å². The van der Waals surface area contributed by atoms with E-state index in [9.17, 15) is 26.4 Å². The van der Waals surface area contributed by atoms with Crippen LogP contribution in [0.25, 0.3) is 0 Å². The number of rotatable bonds is 7. The quantitative estimate of drug-likeness (QED) is 0.385. The Bertz CT molecular complexity index is 1350. The summed E-state index contributed by atoms with van der Waals surface area (Å²) in [5, 5.41) is 2.16. The maximum Gasteiger partial charge on any atom is 0.417 e. The summed E-state index contributed by atoms with van der Waals surface area (Å²) in [7, 11) is -3.09. The number of carbonyl (C=O) groups is 1. The van der Waals surface area contributed by atoms with Crippen LogP contribution in [0.15, 0.2) is 65.6 Å². The molecule has 0 saturated heterocycles. The average molecular weight is 547 g/mol.